The van der Waals surface area contributed by atoms with Crippen molar-refractivity contribution in [1.82, 2.24) is 15.0 Å². The van der Waals surface area contributed by atoms with Gasteiger partial charge < -0.3 is 5.73 Å². The smallest absolute Gasteiger partial charge is 0.130 e. The van der Waals surface area contributed by atoms with Crippen LogP contribution < -0.4 is 5.73 Å². The number of fused-ring (bicyclic) bond motifs is 1. The van der Waals surface area contributed by atoms with E-state index in [1.165, 1.54) is 5.56 Å². The van der Waals surface area contributed by atoms with E-state index in [1.807, 2.05) is 25.3 Å². The normalized spacial score (nSPS) is 17.7. The lowest BCUT2D eigenvalue weighted by molar-refractivity contribution is 0.731. The van der Waals surface area contributed by atoms with Crippen LogP contribution in [0.3, 0.4) is 0 Å². The lowest BCUT2D eigenvalue weighted by atomic mass is 10.0. The highest BCUT2D eigenvalue weighted by molar-refractivity contribution is 5.39. The van der Waals surface area contributed by atoms with Crippen LogP contribution in [0.25, 0.3) is 0 Å². The molecule has 18 heavy (non-hydrogen) atoms. The molecule has 0 saturated carbocycles. The minimum Gasteiger partial charge on any atom is -0.384 e. The molecule has 1 aliphatic rings. The molecule has 1 unspecified atom stereocenters. The van der Waals surface area contributed by atoms with Crippen molar-refractivity contribution in [3.8, 4) is 0 Å². The molecule has 0 aliphatic heterocycles. The molecular weight excluding hydrogens is 224 g/mol. The number of nitrogen functional groups attached to an aromatic ring is 1. The third kappa shape index (κ3) is 1.83. The van der Waals surface area contributed by atoms with Gasteiger partial charge in [0.1, 0.15) is 11.6 Å². The van der Waals surface area contributed by atoms with Crippen molar-refractivity contribution in [3.63, 3.8) is 0 Å². The summed E-state index contributed by atoms with van der Waals surface area (Å²) in [6.45, 7) is 2.04. The van der Waals surface area contributed by atoms with Crippen molar-refractivity contribution < 1.29 is 0 Å². The van der Waals surface area contributed by atoms with Crippen LogP contribution in [0.2, 0.25) is 0 Å². The standard InChI is InChI=1S/C14H16N4/c1-2-13-17-11(8-12(15)18-13)10-6-5-9-4-3-7-16-14(9)10/h3-4,7-8,10H,2,5-6H2,1H3,(H2,15,17,18). The third-order valence-corrected chi connectivity index (χ3v) is 3.44. The second kappa shape index (κ2) is 4.37. The van der Waals surface area contributed by atoms with Crippen LogP contribution in [0.15, 0.2) is 24.4 Å². The van der Waals surface area contributed by atoms with Crippen molar-refractivity contribution in [2.24, 2.45) is 0 Å². The molecule has 1 aliphatic carbocycles. The highest BCUT2D eigenvalue weighted by Gasteiger charge is 2.26. The summed E-state index contributed by atoms with van der Waals surface area (Å²) in [5.41, 5.74) is 9.34. The van der Waals surface area contributed by atoms with E-state index >= 15 is 0 Å². The molecule has 4 nitrogen and oxygen atoms in total. The van der Waals surface area contributed by atoms with E-state index in [9.17, 15) is 0 Å². The monoisotopic (exact) mass is 240 g/mol. The van der Waals surface area contributed by atoms with Crippen molar-refractivity contribution in [2.45, 2.75) is 32.1 Å². The van der Waals surface area contributed by atoms with Gasteiger partial charge in [-0.05, 0) is 24.5 Å². The van der Waals surface area contributed by atoms with Crippen molar-refractivity contribution >= 4 is 5.82 Å². The number of aryl methyl sites for hydroxylation is 2. The second-order valence-electron chi connectivity index (χ2n) is 4.63. The van der Waals surface area contributed by atoms with Gasteiger partial charge in [0, 0.05) is 24.6 Å². The molecule has 0 saturated heterocycles. The lowest BCUT2D eigenvalue weighted by Gasteiger charge is -2.11. The number of nitrogens with zero attached hydrogens (tertiary/aromatic N) is 3. The Labute approximate surface area is 106 Å². The number of anilines is 1. The first-order valence-corrected chi connectivity index (χ1v) is 6.35. The van der Waals surface area contributed by atoms with Crippen LogP contribution in [0.1, 0.15) is 42.0 Å². The summed E-state index contributed by atoms with van der Waals surface area (Å²) in [6, 6.07) is 6.02. The Hall–Kier alpha value is -1.97. The number of nitrogens with two attached hydrogens (primary N) is 1. The van der Waals surface area contributed by atoms with E-state index in [2.05, 4.69) is 21.0 Å². The predicted octanol–water partition coefficient (Wildman–Crippen LogP) is 2.09. The van der Waals surface area contributed by atoms with E-state index in [0.717, 1.165) is 36.5 Å². The first-order valence-electron chi connectivity index (χ1n) is 6.35. The Morgan fingerprint density at radius 2 is 2.28 bits per heavy atom. The Balaban J connectivity index is 2.04. The summed E-state index contributed by atoms with van der Waals surface area (Å²) in [5.74, 6) is 1.65. The molecule has 2 heterocycles. The Bertz CT molecular complexity index is 580. The summed E-state index contributed by atoms with van der Waals surface area (Å²) >= 11 is 0. The van der Waals surface area contributed by atoms with Gasteiger partial charge in [-0.1, -0.05) is 13.0 Å². The first-order chi connectivity index (χ1) is 8.78. The van der Waals surface area contributed by atoms with Crippen LogP contribution in [-0.4, -0.2) is 15.0 Å². The molecule has 4 heteroatoms. The fourth-order valence-electron chi connectivity index (χ4n) is 2.58. The topological polar surface area (TPSA) is 64.7 Å². The molecule has 92 valence electrons. The number of pyridine rings is 1. The second-order valence-corrected chi connectivity index (χ2v) is 4.63. The average Bonchev–Trinajstić information content (AvgIpc) is 2.81. The maximum absolute atomic E-state index is 5.85. The van der Waals surface area contributed by atoms with E-state index in [0.29, 0.717) is 5.82 Å². The molecular formula is C14H16N4. The van der Waals surface area contributed by atoms with Gasteiger partial charge in [-0.15, -0.1) is 0 Å². The van der Waals surface area contributed by atoms with Gasteiger partial charge >= 0.3 is 0 Å². The molecule has 0 amide bonds. The van der Waals surface area contributed by atoms with E-state index in [4.69, 9.17) is 5.73 Å². The Morgan fingerprint density at radius 1 is 1.39 bits per heavy atom. The van der Waals surface area contributed by atoms with Crippen molar-refractivity contribution in [1.29, 1.82) is 0 Å². The van der Waals surface area contributed by atoms with Gasteiger partial charge in [0.15, 0.2) is 0 Å². The maximum Gasteiger partial charge on any atom is 0.130 e. The molecule has 0 fully saturated rings. The summed E-state index contributed by atoms with van der Waals surface area (Å²) in [7, 11) is 0. The first kappa shape index (κ1) is 11.1. The number of aromatic nitrogens is 3. The minimum absolute atomic E-state index is 0.275. The largest absolute Gasteiger partial charge is 0.384 e. The van der Waals surface area contributed by atoms with E-state index in [1.54, 1.807) is 0 Å². The third-order valence-electron chi connectivity index (χ3n) is 3.44. The van der Waals surface area contributed by atoms with Crippen LogP contribution in [0.5, 0.6) is 0 Å². The molecule has 0 radical (unpaired) electrons. The van der Waals surface area contributed by atoms with Crippen LogP contribution in [0, 0.1) is 0 Å². The zero-order valence-corrected chi connectivity index (χ0v) is 10.4. The molecule has 1 atom stereocenters. The van der Waals surface area contributed by atoms with Gasteiger partial charge in [-0.25, -0.2) is 9.97 Å². The highest BCUT2D eigenvalue weighted by atomic mass is 14.9. The molecule has 0 aromatic carbocycles. The minimum atomic E-state index is 0.275. The van der Waals surface area contributed by atoms with Crippen LogP contribution in [-0.2, 0) is 12.8 Å². The molecule has 2 aromatic heterocycles. The zero-order valence-electron chi connectivity index (χ0n) is 10.4. The van der Waals surface area contributed by atoms with Crippen LogP contribution >= 0.6 is 0 Å². The van der Waals surface area contributed by atoms with Crippen LogP contribution in [0.4, 0.5) is 5.82 Å². The molecule has 3 rings (SSSR count). The van der Waals surface area contributed by atoms with Gasteiger partial charge in [-0.3, -0.25) is 4.98 Å². The van der Waals surface area contributed by atoms with E-state index < -0.39 is 0 Å². The highest BCUT2D eigenvalue weighted by Crippen LogP contribution is 2.35. The van der Waals surface area contributed by atoms with Gasteiger partial charge in [-0.2, -0.15) is 0 Å². The number of hydrogen-bond acceptors (Lipinski definition) is 4. The van der Waals surface area contributed by atoms with Gasteiger partial charge in [0.05, 0.1) is 11.4 Å². The van der Waals surface area contributed by atoms with Crippen molar-refractivity contribution in [2.75, 3.05) is 5.73 Å². The molecule has 0 spiro atoms. The molecule has 2 N–H and O–H groups in total. The number of rotatable bonds is 2. The summed E-state index contributed by atoms with van der Waals surface area (Å²) < 4.78 is 0. The number of hydrogen-bond donors (Lipinski definition) is 1. The predicted molar refractivity (Wildman–Crippen MR) is 70.2 cm³/mol. The zero-order chi connectivity index (χ0) is 12.5. The molecule has 0 bridgehead atoms. The van der Waals surface area contributed by atoms with Gasteiger partial charge in [0.2, 0.25) is 0 Å². The molecule has 2 aromatic rings. The van der Waals surface area contributed by atoms with Crippen molar-refractivity contribution in [3.05, 3.63) is 47.2 Å². The summed E-state index contributed by atoms with van der Waals surface area (Å²) in [5, 5.41) is 0. The fraction of sp³-hybridized carbons (Fsp3) is 0.357. The maximum atomic E-state index is 5.85. The Kier molecular flexibility index (Phi) is 2.70. The SMILES string of the molecule is CCc1nc(N)cc(C2CCc3cccnc32)n1. The van der Waals surface area contributed by atoms with E-state index in [-0.39, 0.29) is 5.92 Å². The Morgan fingerprint density at radius 3 is 3.11 bits per heavy atom. The lowest BCUT2D eigenvalue weighted by Crippen LogP contribution is -2.07. The fourth-order valence-corrected chi connectivity index (χ4v) is 2.58. The summed E-state index contributed by atoms with van der Waals surface area (Å²) in [6.07, 6.45) is 4.79. The van der Waals surface area contributed by atoms with Gasteiger partial charge in [0.25, 0.3) is 0 Å². The summed E-state index contributed by atoms with van der Waals surface area (Å²) in [4.78, 5) is 13.3. The quantitative estimate of drug-likeness (QED) is 0.873. The average molecular weight is 240 g/mol.